The molecule has 0 aromatic rings. The van der Waals surface area contributed by atoms with E-state index in [4.69, 9.17) is 15.2 Å². The first kappa shape index (κ1) is 18.5. The summed E-state index contributed by atoms with van der Waals surface area (Å²) < 4.78 is 10.5. The summed E-state index contributed by atoms with van der Waals surface area (Å²) in [5.74, 6) is 0. The summed E-state index contributed by atoms with van der Waals surface area (Å²) in [5.41, 5.74) is 4.98. The van der Waals surface area contributed by atoms with Gasteiger partial charge in [-0.1, -0.05) is 0 Å². The van der Waals surface area contributed by atoms with Gasteiger partial charge in [0.15, 0.2) is 0 Å². The molecule has 0 saturated carbocycles. The SMILES string of the molecule is CC(C)(C)OC(=O)N[C@@H]1CCN(C(=O)OC(C)(C)C)C[C@H]1N. The molecule has 0 spiro atoms. The van der Waals surface area contributed by atoms with Gasteiger partial charge in [0, 0.05) is 19.1 Å². The van der Waals surface area contributed by atoms with Gasteiger partial charge in [-0.05, 0) is 48.0 Å². The molecule has 0 bridgehead atoms. The highest BCUT2D eigenvalue weighted by Gasteiger charge is 2.33. The maximum Gasteiger partial charge on any atom is 0.410 e. The second kappa shape index (κ2) is 6.73. The van der Waals surface area contributed by atoms with Crippen LogP contribution < -0.4 is 11.1 Å². The summed E-state index contributed by atoms with van der Waals surface area (Å²) >= 11 is 0. The number of hydrogen-bond donors (Lipinski definition) is 2. The zero-order valence-corrected chi connectivity index (χ0v) is 14.4. The number of amides is 2. The largest absolute Gasteiger partial charge is 0.444 e. The summed E-state index contributed by atoms with van der Waals surface area (Å²) in [6, 6.07) is -0.567. The smallest absolute Gasteiger partial charge is 0.410 e. The van der Waals surface area contributed by atoms with Crippen LogP contribution in [0.4, 0.5) is 9.59 Å². The van der Waals surface area contributed by atoms with Gasteiger partial charge in [0.25, 0.3) is 0 Å². The molecular formula is C15H29N3O4. The molecule has 0 aromatic heterocycles. The minimum absolute atomic E-state index is 0.214. The fourth-order valence-electron chi connectivity index (χ4n) is 2.11. The van der Waals surface area contributed by atoms with Gasteiger partial charge >= 0.3 is 12.2 Å². The van der Waals surface area contributed by atoms with Gasteiger partial charge in [-0.2, -0.15) is 0 Å². The number of carbonyl (C=O) groups excluding carboxylic acids is 2. The average molecular weight is 315 g/mol. The number of carbonyl (C=O) groups is 2. The number of piperidine rings is 1. The first-order valence-electron chi connectivity index (χ1n) is 7.60. The Morgan fingerprint density at radius 2 is 1.64 bits per heavy atom. The minimum Gasteiger partial charge on any atom is -0.444 e. The highest BCUT2D eigenvalue weighted by atomic mass is 16.6. The highest BCUT2D eigenvalue weighted by Crippen LogP contribution is 2.16. The van der Waals surface area contributed by atoms with Gasteiger partial charge in [-0.3, -0.25) is 0 Å². The molecule has 3 N–H and O–H groups in total. The van der Waals surface area contributed by atoms with Crippen LogP contribution in [0.1, 0.15) is 48.0 Å². The number of ether oxygens (including phenoxy) is 2. The van der Waals surface area contributed by atoms with Crippen molar-refractivity contribution in [2.45, 2.75) is 71.2 Å². The van der Waals surface area contributed by atoms with Crippen molar-refractivity contribution in [1.29, 1.82) is 0 Å². The molecule has 0 aromatic carbocycles. The van der Waals surface area contributed by atoms with Crippen molar-refractivity contribution in [2.75, 3.05) is 13.1 Å². The van der Waals surface area contributed by atoms with Gasteiger partial charge < -0.3 is 25.4 Å². The summed E-state index contributed by atoms with van der Waals surface area (Å²) in [7, 11) is 0. The van der Waals surface area contributed by atoms with E-state index in [1.54, 1.807) is 25.7 Å². The van der Waals surface area contributed by atoms with Gasteiger partial charge in [0.1, 0.15) is 11.2 Å². The van der Waals surface area contributed by atoms with Crippen LogP contribution in [0.2, 0.25) is 0 Å². The minimum atomic E-state index is -0.550. The Morgan fingerprint density at radius 3 is 2.09 bits per heavy atom. The van der Waals surface area contributed by atoms with E-state index in [1.807, 2.05) is 20.8 Å². The fraction of sp³-hybridized carbons (Fsp3) is 0.867. The van der Waals surface area contributed by atoms with Gasteiger partial charge in [-0.15, -0.1) is 0 Å². The normalized spacial score (nSPS) is 23.0. The van der Waals surface area contributed by atoms with Crippen LogP contribution in [-0.4, -0.2) is 53.5 Å². The van der Waals surface area contributed by atoms with E-state index in [0.717, 1.165) is 0 Å². The molecule has 0 radical (unpaired) electrons. The van der Waals surface area contributed by atoms with Crippen molar-refractivity contribution < 1.29 is 19.1 Å². The Labute approximate surface area is 132 Å². The van der Waals surface area contributed by atoms with Crippen LogP contribution in [0.3, 0.4) is 0 Å². The predicted octanol–water partition coefficient (Wildman–Crippen LogP) is 1.85. The second-order valence-electron chi connectivity index (χ2n) is 7.63. The summed E-state index contributed by atoms with van der Waals surface area (Å²) in [6.45, 7) is 11.7. The van der Waals surface area contributed by atoms with Crippen LogP contribution in [0, 0.1) is 0 Å². The third-order valence-corrected chi connectivity index (χ3v) is 3.01. The third kappa shape index (κ3) is 6.51. The molecule has 128 valence electrons. The summed E-state index contributed by atoms with van der Waals surface area (Å²) in [5, 5.41) is 2.77. The van der Waals surface area contributed by atoms with Crippen molar-refractivity contribution in [3.8, 4) is 0 Å². The highest BCUT2D eigenvalue weighted by molar-refractivity contribution is 5.69. The molecule has 2 atom stereocenters. The maximum atomic E-state index is 12.0. The molecule has 1 saturated heterocycles. The van der Waals surface area contributed by atoms with E-state index < -0.39 is 17.3 Å². The van der Waals surface area contributed by atoms with Gasteiger partial charge in [-0.25, -0.2) is 9.59 Å². The third-order valence-electron chi connectivity index (χ3n) is 3.01. The molecule has 0 aliphatic carbocycles. The number of hydrogen-bond acceptors (Lipinski definition) is 5. The lowest BCUT2D eigenvalue weighted by Gasteiger charge is -2.37. The lowest BCUT2D eigenvalue weighted by Crippen LogP contribution is -2.59. The molecule has 0 unspecified atom stereocenters. The molecule has 2 amide bonds. The van der Waals surface area contributed by atoms with E-state index in [-0.39, 0.29) is 18.2 Å². The van der Waals surface area contributed by atoms with E-state index in [2.05, 4.69) is 5.32 Å². The molecule has 1 fully saturated rings. The molecule has 7 heteroatoms. The Bertz CT molecular complexity index is 412. The second-order valence-corrected chi connectivity index (χ2v) is 7.63. The molecule has 22 heavy (non-hydrogen) atoms. The van der Waals surface area contributed by atoms with Crippen LogP contribution in [-0.2, 0) is 9.47 Å². The Morgan fingerprint density at radius 1 is 1.09 bits per heavy atom. The van der Waals surface area contributed by atoms with Gasteiger partial charge in [0.05, 0.1) is 6.04 Å². The quantitative estimate of drug-likeness (QED) is 0.770. The summed E-state index contributed by atoms with van der Waals surface area (Å²) in [4.78, 5) is 25.4. The average Bonchev–Trinajstić information content (AvgIpc) is 2.26. The number of likely N-dealkylation sites (tertiary alicyclic amines) is 1. The van der Waals surface area contributed by atoms with Crippen LogP contribution in [0.15, 0.2) is 0 Å². The van der Waals surface area contributed by atoms with Crippen molar-refractivity contribution in [2.24, 2.45) is 5.73 Å². The Kier molecular flexibility index (Phi) is 5.67. The van der Waals surface area contributed by atoms with E-state index >= 15 is 0 Å². The number of alkyl carbamates (subject to hydrolysis) is 1. The first-order chi connectivity index (χ1) is 9.87. The lowest BCUT2D eigenvalue weighted by atomic mass is 10.0. The zero-order chi connectivity index (χ0) is 17.1. The van der Waals surface area contributed by atoms with Crippen molar-refractivity contribution >= 4 is 12.2 Å². The fourth-order valence-corrected chi connectivity index (χ4v) is 2.11. The van der Waals surface area contributed by atoms with Crippen LogP contribution in [0.25, 0.3) is 0 Å². The zero-order valence-electron chi connectivity index (χ0n) is 14.4. The molecule has 1 heterocycles. The molecular weight excluding hydrogens is 286 g/mol. The monoisotopic (exact) mass is 315 g/mol. The maximum absolute atomic E-state index is 12.0. The van der Waals surface area contributed by atoms with Crippen molar-refractivity contribution in [3.63, 3.8) is 0 Å². The number of nitrogens with one attached hydrogen (secondary N) is 1. The lowest BCUT2D eigenvalue weighted by molar-refractivity contribution is 0.0167. The molecule has 1 aliphatic heterocycles. The van der Waals surface area contributed by atoms with Crippen LogP contribution >= 0.6 is 0 Å². The molecule has 7 nitrogen and oxygen atoms in total. The Balaban J connectivity index is 2.49. The number of nitrogens with two attached hydrogens (primary N) is 1. The standard InChI is InChI=1S/C15H29N3O4/c1-14(2,3)21-12(19)17-11-7-8-18(9-10(11)16)13(20)22-15(4,5)6/h10-11H,7-9,16H2,1-6H3,(H,17,19)/t10-,11-/m1/s1. The molecule has 1 rings (SSSR count). The van der Waals surface area contributed by atoms with Crippen molar-refractivity contribution in [1.82, 2.24) is 10.2 Å². The summed E-state index contributed by atoms with van der Waals surface area (Å²) in [6.07, 6.45) is -0.294. The predicted molar refractivity (Wildman–Crippen MR) is 83.6 cm³/mol. The topological polar surface area (TPSA) is 93.9 Å². The number of nitrogens with zero attached hydrogens (tertiary/aromatic N) is 1. The first-order valence-corrected chi connectivity index (χ1v) is 7.60. The van der Waals surface area contributed by atoms with E-state index in [1.165, 1.54) is 0 Å². The van der Waals surface area contributed by atoms with E-state index in [9.17, 15) is 9.59 Å². The van der Waals surface area contributed by atoms with Crippen LogP contribution in [0.5, 0.6) is 0 Å². The van der Waals surface area contributed by atoms with E-state index in [0.29, 0.717) is 19.5 Å². The van der Waals surface area contributed by atoms with Crippen molar-refractivity contribution in [3.05, 3.63) is 0 Å². The van der Waals surface area contributed by atoms with Gasteiger partial charge in [0.2, 0.25) is 0 Å². The Hall–Kier alpha value is -1.50. The number of rotatable bonds is 1. The molecule has 1 aliphatic rings.